The fourth-order valence-electron chi connectivity index (χ4n) is 3.12. The third kappa shape index (κ3) is 4.84. The number of nitrogens with zero attached hydrogens (tertiary/aromatic N) is 4. The number of rotatable bonds is 6. The molecule has 0 aliphatic rings. The fourth-order valence-corrected chi connectivity index (χ4v) is 4.04. The van der Waals surface area contributed by atoms with Crippen molar-refractivity contribution >= 4 is 11.8 Å². The minimum Gasteiger partial charge on any atom is -0.388 e. The molecule has 0 aliphatic carbocycles. The van der Waals surface area contributed by atoms with E-state index in [0.717, 1.165) is 28.9 Å². The third-order valence-electron chi connectivity index (χ3n) is 4.86. The van der Waals surface area contributed by atoms with E-state index in [1.165, 1.54) is 23.9 Å². The van der Waals surface area contributed by atoms with E-state index in [1.54, 1.807) is 12.4 Å². The van der Waals surface area contributed by atoms with E-state index in [0.29, 0.717) is 16.5 Å². The highest BCUT2D eigenvalue weighted by atomic mass is 32.2. The van der Waals surface area contributed by atoms with Gasteiger partial charge < -0.3 is 5.11 Å². The molecule has 0 radical (unpaired) electrons. The lowest BCUT2D eigenvalue weighted by Crippen LogP contribution is -2.07. The molecular formula is C23H19F3N4OS. The number of halogens is 3. The number of benzene rings is 2. The molecule has 2 aromatic heterocycles. The molecule has 4 aromatic rings. The lowest BCUT2D eigenvalue weighted by atomic mass is 10.1. The smallest absolute Gasteiger partial charge is 0.388 e. The molecule has 0 spiro atoms. The normalized spacial score (nSPS) is 12.7. The predicted octanol–water partition coefficient (Wildman–Crippen LogP) is 5.48. The maximum atomic E-state index is 12.8. The van der Waals surface area contributed by atoms with Crippen LogP contribution in [0.5, 0.6) is 0 Å². The first kappa shape index (κ1) is 22.0. The van der Waals surface area contributed by atoms with Crippen molar-refractivity contribution in [2.24, 2.45) is 0 Å². The second-order valence-corrected chi connectivity index (χ2v) is 8.15. The molecule has 4 rings (SSSR count). The van der Waals surface area contributed by atoms with Gasteiger partial charge in [-0.25, -0.2) is 0 Å². The van der Waals surface area contributed by atoms with Crippen LogP contribution < -0.4 is 0 Å². The van der Waals surface area contributed by atoms with Crippen LogP contribution in [0.25, 0.3) is 17.1 Å². The van der Waals surface area contributed by atoms with Gasteiger partial charge in [-0.05, 0) is 48.9 Å². The number of aryl methyl sites for hydroxylation is 1. The van der Waals surface area contributed by atoms with E-state index >= 15 is 0 Å². The number of pyridine rings is 1. The van der Waals surface area contributed by atoms with Gasteiger partial charge in [0.1, 0.15) is 0 Å². The summed E-state index contributed by atoms with van der Waals surface area (Å²) in [5.41, 5.74) is 2.46. The Bertz CT molecular complexity index is 1180. The molecule has 0 saturated carbocycles. The van der Waals surface area contributed by atoms with E-state index in [4.69, 9.17) is 0 Å². The van der Waals surface area contributed by atoms with Crippen molar-refractivity contribution in [3.63, 3.8) is 0 Å². The van der Waals surface area contributed by atoms with Crippen LogP contribution in [0.2, 0.25) is 0 Å². The number of aliphatic hydroxyl groups excluding tert-OH is 1. The van der Waals surface area contributed by atoms with Gasteiger partial charge >= 0.3 is 6.18 Å². The van der Waals surface area contributed by atoms with Crippen LogP contribution in [0.1, 0.15) is 22.8 Å². The summed E-state index contributed by atoms with van der Waals surface area (Å²) >= 11 is 1.28. The second kappa shape index (κ2) is 9.13. The van der Waals surface area contributed by atoms with E-state index in [9.17, 15) is 18.3 Å². The highest BCUT2D eigenvalue weighted by Gasteiger charge is 2.30. The van der Waals surface area contributed by atoms with Gasteiger partial charge in [-0.1, -0.05) is 41.6 Å². The van der Waals surface area contributed by atoms with E-state index < -0.39 is 17.8 Å². The van der Waals surface area contributed by atoms with Gasteiger partial charge in [0.15, 0.2) is 11.0 Å². The molecule has 0 saturated heterocycles. The van der Waals surface area contributed by atoms with Crippen molar-refractivity contribution in [1.82, 2.24) is 19.7 Å². The summed E-state index contributed by atoms with van der Waals surface area (Å²) in [6.07, 6.45) is -2.03. The Labute approximate surface area is 187 Å². The molecule has 9 heteroatoms. The zero-order chi connectivity index (χ0) is 22.7. The topological polar surface area (TPSA) is 63.8 Å². The van der Waals surface area contributed by atoms with E-state index in [1.807, 2.05) is 47.9 Å². The Morgan fingerprint density at radius 3 is 2.22 bits per heavy atom. The number of aliphatic hydroxyl groups is 1. The molecule has 5 nitrogen and oxygen atoms in total. The first-order valence-electron chi connectivity index (χ1n) is 9.74. The number of hydrogen-bond acceptors (Lipinski definition) is 5. The molecule has 32 heavy (non-hydrogen) atoms. The fraction of sp³-hybridized carbons (Fsp3) is 0.174. The third-order valence-corrected chi connectivity index (χ3v) is 5.86. The van der Waals surface area contributed by atoms with Crippen molar-refractivity contribution in [3.8, 4) is 17.1 Å². The minimum atomic E-state index is -4.41. The molecule has 2 aromatic carbocycles. The lowest BCUT2D eigenvalue weighted by Gasteiger charge is -2.14. The second-order valence-electron chi connectivity index (χ2n) is 7.16. The van der Waals surface area contributed by atoms with Gasteiger partial charge in [0.2, 0.25) is 0 Å². The van der Waals surface area contributed by atoms with Crippen molar-refractivity contribution in [1.29, 1.82) is 0 Å². The van der Waals surface area contributed by atoms with E-state index in [2.05, 4.69) is 15.2 Å². The molecular weight excluding hydrogens is 437 g/mol. The number of alkyl halides is 3. The van der Waals surface area contributed by atoms with Gasteiger partial charge in [0.25, 0.3) is 0 Å². The molecule has 0 amide bonds. The molecule has 0 fully saturated rings. The molecule has 1 N–H and O–H groups in total. The molecule has 0 aliphatic heterocycles. The first-order chi connectivity index (χ1) is 15.3. The Morgan fingerprint density at radius 1 is 0.938 bits per heavy atom. The molecule has 164 valence electrons. The summed E-state index contributed by atoms with van der Waals surface area (Å²) in [6.45, 7) is 2.00. The van der Waals surface area contributed by atoms with Crippen molar-refractivity contribution in [2.45, 2.75) is 24.4 Å². The van der Waals surface area contributed by atoms with Crippen molar-refractivity contribution in [2.75, 3.05) is 5.75 Å². The quantitative estimate of drug-likeness (QED) is 0.389. The van der Waals surface area contributed by atoms with Gasteiger partial charge in [-0.15, -0.1) is 10.2 Å². The average molecular weight is 456 g/mol. The van der Waals surface area contributed by atoms with Crippen LogP contribution in [0.4, 0.5) is 13.2 Å². The summed E-state index contributed by atoms with van der Waals surface area (Å²) in [4.78, 5) is 4.04. The number of hydrogen-bond donors (Lipinski definition) is 1. The lowest BCUT2D eigenvalue weighted by molar-refractivity contribution is -0.137. The molecule has 2 heterocycles. The molecule has 1 atom stereocenters. The maximum absolute atomic E-state index is 12.8. The zero-order valence-corrected chi connectivity index (χ0v) is 17.8. The van der Waals surface area contributed by atoms with Crippen LogP contribution in [-0.4, -0.2) is 30.6 Å². The Hall–Kier alpha value is -3.17. The SMILES string of the molecule is Cc1ccc(-n2c(SCC(O)c3ccc(C(F)(F)F)cc3)nnc2-c2ccncc2)cc1. The van der Waals surface area contributed by atoms with Gasteiger partial charge in [0, 0.05) is 29.4 Å². The summed E-state index contributed by atoms with van der Waals surface area (Å²) in [5, 5.41) is 19.7. The highest BCUT2D eigenvalue weighted by Crippen LogP contribution is 2.32. The minimum absolute atomic E-state index is 0.200. The highest BCUT2D eigenvalue weighted by molar-refractivity contribution is 7.99. The Kier molecular flexibility index (Phi) is 6.29. The van der Waals surface area contributed by atoms with Crippen LogP contribution >= 0.6 is 11.8 Å². The number of aromatic nitrogens is 4. The van der Waals surface area contributed by atoms with Gasteiger partial charge in [-0.2, -0.15) is 13.2 Å². The number of thioether (sulfide) groups is 1. The summed E-state index contributed by atoms with van der Waals surface area (Å²) in [7, 11) is 0. The molecule has 1 unspecified atom stereocenters. The maximum Gasteiger partial charge on any atom is 0.416 e. The zero-order valence-electron chi connectivity index (χ0n) is 17.0. The Morgan fingerprint density at radius 2 is 1.59 bits per heavy atom. The van der Waals surface area contributed by atoms with Crippen LogP contribution in [0.15, 0.2) is 78.2 Å². The average Bonchev–Trinajstić information content (AvgIpc) is 3.22. The predicted molar refractivity (Wildman–Crippen MR) is 116 cm³/mol. The summed E-state index contributed by atoms with van der Waals surface area (Å²) in [6, 6.07) is 16.1. The van der Waals surface area contributed by atoms with Crippen LogP contribution in [-0.2, 0) is 6.18 Å². The van der Waals surface area contributed by atoms with E-state index in [-0.39, 0.29) is 5.75 Å². The first-order valence-corrected chi connectivity index (χ1v) is 10.7. The molecule has 0 bridgehead atoms. The summed E-state index contributed by atoms with van der Waals surface area (Å²) in [5.74, 6) is 0.828. The van der Waals surface area contributed by atoms with Crippen LogP contribution in [0.3, 0.4) is 0 Å². The summed E-state index contributed by atoms with van der Waals surface area (Å²) < 4.78 is 40.2. The van der Waals surface area contributed by atoms with Crippen molar-refractivity contribution < 1.29 is 18.3 Å². The van der Waals surface area contributed by atoms with Crippen LogP contribution in [0, 0.1) is 6.92 Å². The Balaban J connectivity index is 1.60. The van der Waals surface area contributed by atoms with Crippen molar-refractivity contribution in [3.05, 3.63) is 89.7 Å². The standard InChI is InChI=1S/C23H19F3N4OS/c1-15-2-8-19(9-3-15)30-21(17-10-12-27-13-11-17)28-29-22(30)32-14-20(31)16-4-6-18(7-5-16)23(24,25)26/h2-13,20,31H,14H2,1H3. The monoisotopic (exact) mass is 456 g/mol. The van der Waals surface area contributed by atoms with Gasteiger partial charge in [0.05, 0.1) is 11.7 Å². The largest absolute Gasteiger partial charge is 0.416 e. The van der Waals surface area contributed by atoms with Gasteiger partial charge in [-0.3, -0.25) is 9.55 Å².